The highest BCUT2D eigenvalue weighted by atomic mass is 79.9. The molecule has 3 heteroatoms. The van der Waals surface area contributed by atoms with Gasteiger partial charge in [-0.15, -0.1) is 0 Å². The molecule has 3 rings (SSSR count). The van der Waals surface area contributed by atoms with Crippen LogP contribution in [0.1, 0.15) is 11.1 Å². The number of benzene rings is 2. The molecular formula is C17H14BrNO. The van der Waals surface area contributed by atoms with E-state index < -0.39 is 0 Å². The van der Waals surface area contributed by atoms with E-state index in [1.165, 1.54) is 0 Å². The molecule has 1 aromatic heterocycles. The molecule has 0 unspecified atom stereocenters. The van der Waals surface area contributed by atoms with Crippen molar-refractivity contribution in [2.75, 3.05) is 0 Å². The van der Waals surface area contributed by atoms with Gasteiger partial charge in [0, 0.05) is 21.6 Å². The van der Waals surface area contributed by atoms with E-state index in [-0.39, 0.29) is 0 Å². The van der Waals surface area contributed by atoms with Crippen molar-refractivity contribution in [1.29, 1.82) is 0 Å². The lowest BCUT2D eigenvalue weighted by Gasteiger charge is -2.10. The van der Waals surface area contributed by atoms with Crippen molar-refractivity contribution in [3.63, 3.8) is 0 Å². The fourth-order valence-corrected chi connectivity index (χ4v) is 2.69. The maximum atomic E-state index is 5.93. The molecule has 0 saturated carbocycles. The molecule has 0 saturated heterocycles. The van der Waals surface area contributed by atoms with Crippen molar-refractivity contribution in [2.45, 2.75) is 13.5 Å². The Kier molecular flexibility index (Phi) is 3.70. The number of para-hydroxylation sites is 1. The van der Waals surface area contributed by atoms with Gasteiger partial charge in [-0.2, -0.15) is 0 Å². The van der Waals surface area contributed by atoms with Crippen LogP contribution in [0.5, 0.6) is 5.75 Å². The fraction of sp³-hybridized carbons (Fsp3) is 0.118. The first-order valence-electron chi connectivity index (χ1n) is 6.45. The smallest absolute Gasteiger partial charge is 0.122 e. The third-order valence-corrected chi connectivity index (χ3v) is 3.73. The summed E-state index contributed by atoms with van der Waals surface area (Å²) in [6.07, 6.45) is 1.82. The normalized spacial score (nSPS) is 10.7. The van der Waals surface area contributed by atoms with Crippen LogP contribution in [0, 0.1) is 6.92 Å². The van der Waals surface area contributed by atoms with Crippen molar-refractivity contribution in [3.05, 3.63) is 70.3 Å². The van der Waals surface area contributed by atoms with Crippen LogP contribution in [0.3, 0.4) is 0 Å². The second-order valence-electron chi connectivity index (χ2n) is 4.69. The van der Waals surface area contributed by atoms with Gasteiger partial charge in [0.2, 0.25) is 0 Å². The second-order valence-corrected chi connectivity index (χ2v) is 5.61. The molecule has 20 heavy (non-hydrogen) atoms. The first-order valence-corrected chi connectivity index (χ1v) is 7.25. The van der Waals surface area contributed by atoms with Gasteiger partial charge < -0.3 is 4.74 Å². The number of aryl methyl sites for hydroxylation is 1. The summed E-state index contributed by atoms with van der Waals surface area (Å²) in [6, 6.07) is 16.2. The van der Waals surface area contributed by atoms with Crippen LogP contribution in [0.4, 0.5) is 0 Å². The summed E-state index contributed by atoms with van der Waals surface area (Å²) in [5, 5.41) is 1.14. The van der Waals surface area contributed by atoms with E-state index in [1.807, 2.05) is 37.4 Å². The monoisotopic (exact) mass is 327 g/mol. The van der Waals surface area contributed by atoms with E-state index in [4.69, 9.17) is 4.74 Å². The molecule has 2 nitrogen and oxygen atoms in total. The second kappa shape index (κ2) is 5.63. The van der Waals surface area contributed by atoms with Crippen molar-refractivity contribution in [3.8, 4) is 5.75 Å². The molecule has 3 aromatic rings. The van der Waals surface area contributed by atoms with Crippen LogP contribution in [0.15, 0.2) is 59.2 Å². The lowest BCUT2D eigenvalue weighted by atomic mass is 10.1. The minimum absolute atomic E-state index is 0.525. The Morgan fingerprint density at radius 2 is 1.95 bits per heavy atom. The van der Waals surface area contributed by atoms with Crippen molar-refractivity contribution in [1.82, 2.24) is 4.98 Å². The van der Waals surface area contributed by atoms with Crippen LogP contribution in [0.25, 0.3) is 10.9 Å². The molecule has 1 heterocycles. The standard InChI is InChI=1S/C17H14BrNO/c1-12-10-15(18)7-8-16(12)20-11-14-5-2-4-13-6-3-9-19-17(13)14/h2-10H,11H2,1H3. The largest absolute Gasteiger partial charge is 0.489 e. The summed E-state index contributed by atoms with van der Waals surface area (Å²) in [7, 11) is 0. The molecule has 0 spiro atoms. The molecule has 0 aliphatic heterocycles. The molecule has 0 N–H and O–H groups in total. The highest BCUT2D eigenvalue weighted by molar-refractivity contribution is 9.10. The van der Waals surface area contributed by atoms with Gasteiger partial charge >= 0.3 is 0 Å². The summed E-state index contributed by atoms with van der Waals surface area (Å²) >= 11 is 3.46. The molecular weight excluding hydrogens is 314 g/mol. The molecule has 0 amide bonds. The van der Waals surface area contributed by atoms with Crippen LogP contribution in [-0.4, -0.2) is 4.98 Å². The third kappa shape index (κ3) is 2.68. The highest BCUT2D eigenvalue weighted by Crippen LogP contribution is 2.24. The number of ether oxygens (including phenoxy) is 1. The number of aromatic nitrogens is 1. The molecule has 0 fully saturated rings. The zero-order valence-corrected chi connectivity index (χ0v) is 12.7. The summed E-state index contributed by atoms with van der Waals surface area (Å²) in [6.45, 7) is 2.57. The topological polar surface area (TPSA) is 22.1 Å². The fourth-order valence-electron chi connectivity index (χ4n) is 2.21. The number of rotatable bonds is 3. The van der Waals surface area contributed by atoms with E-state index in [1.54, 1.807) is 0 Å². The lowest BCUT2D eigenvalue weighted by molar-refractivity contribution is 0.305. The molecule has 0 atom stereocenters. The average molecular weight is 328 g/mol. The van der Waals surface area contributed by atoms with Crippen LogP contribution >= 0.6 is 15.9 Å². The Morgan fingerprint density at radius 3 is 2.80 bits per heavy atom. The van der Waals surface area contributed by atoms with Gasteiger partial charge in [0.05, 0.1) is 5.52 Å². The molecule has 0 radical (unpaired) electrons. The highest BCUT2D eigenvalue weighted by Gasteiger charge is 2.04. The SMILES string of the molecule is Cc1cc(Br)ccc1OCc1cccc2cccnc12. The van der Waals surface area contributed by atoms with Gasteiger partial charge in [-0.1, -0.05) is 40.2 Å². The van der Waals surface area contributed by atoms with E-state index in [9.17, 15) is 0 Å². The number of nitrogens with zero attached hydrogens (tertiary/aromatic N) is 1. The number of pyridine rings is 1. The Labute approximate surface area is 126 Å². The van der Waals surface area contributed by atoms with Crippen LogP contribution < -0.4 is 4.74 Å². The van der Waals surface area contributed by atoms with E-state index in [2.05, 4.69) is 45.2 Å². The maximum absolute atomic E-state index is 5.93. The van der Waals surface area contributed by atoms with E-state index in [0.717, 1.165) is 32.3 Å². The number of fused-ring (bicyclic) bond motifs is 1. The Hall–Kier alpha value is -1.87. The van der Waals surface area contributed by atoms with Crippen LogP contribution in [0.2, 0.25) is 0 Å². The van der Waals surface area contributed by atoms with Gasteiger partial charge in [-0.25, -0.2) is 0 Å². The number of halogens is 1. The molecule has 100 valence electrons. The molecule has 0 bridgehead atoms. The zero-order chi connectivity index (χ0) is 13.9. The van der Waals surface area contributed by atoms with Crippen molar-refractivity contribution in [2.24, 2.45) is 0 Å². The predicted octanol–water partition coefficient (Wildman–Crippen LogP) is 4.88. The average Bonchev–Trinajstić information content (AvgIpc) is 2.46. The number of hydrogen-bond donors (Lipinski definition) is 0. The van der Waals surface area contributed by atoms with Gasteiger partial charge in [0.25, 0.3) is 0 Å². The van der Waals surface area contributed by atoms with Gasteiger partial charge in [0.1, 0.15) is 12.4 Å². The molecule has 2 aromatic carbocycles. The van der Waals surface area contributed by atoms with E-state index in [0.29, 0.717) is 6.61 Å². The lowest BCUT2D eigenvalue weighted by Crippen LogP contribution is -1.98. The maximum Gasteiger partial charge on any atom is 0.122 e. The Morgan fingerprint density at radius 1 is 1.10 bits per heavy atom. The zero-order valence-electron chi connectivity index (χ0n) is 11.1. The van der Waals surface area contributed by atoms with Crippen molar-refractivity contribution >= 4 is 26.8 Å². The summed E-state index contributed by atoms with van der Waals surface area (Å²) in [5.74, 6) is 0.904. The quantitative estimate of drug-likeness (QED) is 0.683. The van der Waals surface area contributed by atoms with Gasteiger partial charge in [-0.05, 0) is 36.8 Å². The van der Waals surface area contributed by atoms with Gasteiger partial charge in [0.15, 0.2) is 0 Å². The van der Waals surface area contributed by atoms with Crippen molar-refractivity contribution < 1.29 is 4.74 Å². The summed E-state index contributed by atoms with van der Waals surface area (Å²) in [4.78, 5) is 4.44. The third-order valence-electron chi connectivity index (χ3n) is 3.24. The van der Waals surface area contributed by atoms with Gasteiger partial charge in [-0.3, -0.25) is 4.98 Å². The van der Waals surface area contributed by atoms with Crippen LogP contribution in [-0.2, 0) is 6.61 Å². The minimum atomic E-state index is 0.525. The first kappa shape index (κ1) is 13.1. The Bertz CT molecular complexity index is 750. The predicted molar refractivity (Wildman–Crippen MR) is 85.0 cm³/mol. The Balaban J connectivity index is 1.87. The summed E-state index contributed by atoms with van der Waals surface area (Å²) in [5.41, 5.74) is 3.22. The number of hydrogen-bond acceptors (Lipinski definition) is 2. The summed E-state index contributed by atoms with van der Waals surface area (Å²) < 4.78 is 6.99. The molecule has 0 aliphatic carbocycles. The first-order chi connectivity index (χ1) is 9.74. The van der Waals surface area contributed by atoms with E-state index >= 15 is 0 Å². The molecule has 0 aliphatic rings. The minimum Gasteiger partial charge on any atom is -0.489 e.